The second-order valence-corrected chi connectivity index (χ2v) is 5.70. The van der Waals surface area contributed by atoms with Crippen LogP contribution in [-0.2, 0) is 5.41 Å². The highest BCUT2D eigenvalue weighted by atomic mass is 79.9. The van der Waals surface area contributed by atoms with Crippen LogP contribution in [0.3, 0.4) is 0 Å². The third kappa shape index (κ3) is 1.85. The van der Waals surface area contributed by atoms with E-state index in [0.29, 0.717) is 0 Å². The van der Waals surface area contributed by atoms with E-state index >= 15 is 0 Å². The number of rotatable bonds is 0. The molecule has 1 heterocycles. The summed E-state index contributed by atoms with van der Waals surface area (Å²) in [5.41, 5.74) is 1.71. The Morgan fingerprint density at radius 3 is 2.09 bits per heavy atom. The molecule has 0 unspecified atom stereocenters. The SMILES string of the molecule is Cc1scc(Br)c1C(C)(C)C. The molecule has 1 rings (SSSR count). The van der Waals surface area contributed by atoms with Crippen molar-refractivity contribution < 1.29 is 0 Å². The Labute approximate surface area is 80.8 Å². The molecule has 0 spiro atoms. The zero-order valence-electron chi connectivity index (χ0n) is 7.36. The molecule has 1 aromatic rings. The summed E-state index contributed by atoms with van der Waals surface area (Å²) in [6, 6.07) is 0. The summed E-state index contributed by atoms with van der Waals surface area (Å²) < 4.78 is 1.26. The number of aryl methyl sites for hydroxylation is 1. The third-order valence-corrected chi connectivity index (χ3v) is 3.52. The van der Waals surface area contributed by atoms with Gasteiger partial charge < -0.3 is 0 Å². The maximum Gasteiger partial charge on any atom is 0.0322 e. The van der Waals surface area contributed by atoms with Crippen molar-refractivity contribution in [2.45, 2.75) is 33.1 Å². The maximum absolute atomic E-state index is 3.56. The monoisotopic (exact) mass is 232 g/mol. The molecule has 0 aliphatic rings. The fourth-order valence-electron chi connectivity index (χ4n) is 1.31. The molecular formula is C9H13BrS. The van der Waals surface area contributed by atoms with Gasteiger partial charge in [-0.15, -0.1) is 11.3 Å². The van der Waals surface area contributed by atoms with Crippen molar-refractivity contribution in [3.8, 4) is 0 Å². The standard InChI is InChI=1S/C9H13BrS/c1-6-8(9(2,3)4)7(10)5-11-6/h5H,1-4H3. The Morgan fingerprint density at radius 2 is 1.91 bits per heavy atom. The summed E-state index contributed by atoms with van der Waals surface area (Å²) in [5.74, 6) is 0. The summed E-state index contributed by atoms with van der Waals surface area (Å²) >= 11 is 5.37. The van der Waals surface area contributed by atoms with Crippen molar-refractivity contribution in [1.82, 2.24) is 0 Å². The quantitative estimate of drug-likeness (QED) is 0.632. The first kappa shape index (κ1) is 9.27. The molecule has 62 valence electrons. The van der Waals surface area contributed by atoms with Crippen LogP contribution in [0.1, 0.15) is 31.2 Å². The van der Waals surface area contributed by atoms with Crippen molar-refractivity contribution in [3.63, 3.8) is 0 Å². The molecule has 11 heavy (non-hydrogen) atoms. The lowest BCUT2D eigenvalue weighted by molar-refractivity contribution is 0.586. The van der Waals surface area contributed by atoms with Gasteiger partial charge in [-0.1, -0.05) is 20.8 Å². The Morgan fingerprint density at radius 1 is 1.36 bits per heavy atom. The summed E-state index contributed by atoms with van der Waals surface area (Å²) in [6.07, 6.45) is 0. The van der Waals surface area contributed by atoms with Crippen molar-refractivity contribution in [2.75, 3.05) is 0 Å². The Balaban J connectivity index is 3.21. The summed E-state index contributed by atoms with van der Waals surface area (Å²) in [4.78, 5) is 1.42. The minimum absolute atomic E-state index is 0.267. The minimum Gasteiger partial charge on any atom is -0.148 e. The van der Waals surface area contributed by atoms with Gasteiger partial charge in [-0.05, 0) is 33.8 Å². The molecule has 0 aliphatic carbocycles. The average molecular weight is 233 g/mol. The molecule has 0 fully saturated rings. The molecule has 0 nitrogen and oxygen atoms in total. The Bertz CT molecular complexity index is 236. The van der Waals surface area contributed by atoms with Gasteiger partial charge in [-0.25, -0.2) is 0 Å². The van der Waals surface area contributed by atoms with Gasteiger partial charge >= 0.3 is 0 Å². The number of hydrogen-bond acceptors (Lipinski definition) is 1. The first-order chi connectivity index (χ1) is 4.93. The van der Waals surface area contributed by atoms with Gasteiger partial charge in [-0.2, -0.15) is 0 Å². The minimum atomic E-state index is 0.267. The summed E-state index contributed by atoms with van der Waals surface area (Å²) in [7, 11) is 0. The van der Waals surface area contributed by atoms with E-state index in [0.717, 1.165) is 0 Å². The van der Waals surface area contributed by atoms with E-state index in [9.17, 15) is 0 Å². The van der Waals surface area contributed by atoms with E-state index in [1.165, 1.54) is 14.9 Å². The lowest BCUT2D eigenvalue weighted by Crippen LogP contribution is -2.11. The zero-order chi connectivity index (χ0) is 8.65. The van der Waals surface area contributed by atoms with E-state index < -0.39 is 0 Å². The van der Waals surface area contributed by atoms with E-state index in [2.05, 4.69) is 49.0 Å². The van der Waals surface area contributed by atoms with Crippen LogP contribution in [0.4, 0.5) is 0 Å². The van der Waals surface area contributed by atoms with Crippen LogP contribution in [-0.4, -0.2) is 0 Å². The molecule has 0 bridgehead atoms. The van der Waals surface area contributed by atoms with E-state index in [4.69, 9.17) is 0 Å². The van der Waals surface area contributed by atoms with Gasteiger partial charge in [0.25, 0.3) is 0 Å². The Kier molecular flexibility index (Phi) is 2.45. The predicted molar refractivity (Wildman–Crippen MR) is 55.5 cm³/mol. The first-order valence-electron chi connectivity index (χ1n) is 3.67. The number of thiophene rings is 1. The van der Waals surface area contributed by atoms with E-state index in [1.54, 1.807) is 0 Å². The van der Waals surface area contributed by atoms with Crippen LogP contribution >= 0.6 is 27.3 Å². The van der Waals surface area contributed by atoms with Crippen LogP contribution in [0.2, 0.25) is 0 Å². The van der Waals surface area contributed by atoms with Crippen LogP contribution in [0.25, 0.3) is 0 Å². The fraction of sp³-hybridized carbons (Fsp3) is 0.556. The molecule has 0 amide bonds. The highest BCUT2D eigenvalue weighted by Crippen LogP contribution is 2.36. The molecular weight excluding hydrogens is 220 g/mol. The topological polar surface area (TPSA) is 0 Å². The first-order valence-corrected chi connectivity index (χ1v) is 5.34. The van der Waals surface area contributed by atoms with Gasteiger partial charge in [0.05, 0.1) is 0 Å². The number of hydrogen-bond donors (Lipinski definition) is 0. The third-order valence-electron chi connectivity index (χ3n) is 1.68. The van der Waals surface area contributed by atoms with Crippen molar-refractivity contribution in [2.24, 2.45) is 0 Å². The molecule has 1 aromatic heterocycles. The van der Waals surface area contributed by atoms with Gasteiger partial charge in [-0.3, -0.25) is 0 Å². The Hall–Kier alpha value is 0.180. The largest absolute Gasteiger partial charge is 0.148 e. The van der Waals surface area contributed by atoms with Crippen LogP contribution in [0.15, 0.2) is 9.85 Å². The molecule has 0 aromatic carbocycles. The summed E-state index contributed by atoms with van der Waals surface area (Å²) in [5, 5.41) is 2.16. The van der Waals surface area contributed by atoms with Crippen molar-refractivity contribution in [1.29, 1.82) is 0 Å². The molecule has 2 heteroatoms. The predicted octanol–water partition coefficient (Wildman–Crippen LogP) is 4.12. The van der Waals surface area contributed by atoms with Gasteiger partial charge in [0.15, 0.2) is 0 Å². The van der Waals surface area contributed by atoms with E-state index in [1.807, 2.05) is 11.3 Å². The average Bonchev–Trinajstić information content (AvgIpc) is 2.08. The molecule has 0 N–H and O–H groups in total. The zero-order valence-corrected chi connectivity index (χ0v) is 9.77. The molecule has 0 radical (unpaired) electrons. The molecule has 0 saturated heterocycles. The second kappa shape index (κ2) is 2.91. The van der Waals surface area contributed by atoms with Crippen LogP contribution < -0.4 is 0 Å². The second-order valence-electron chi connectivity index (χ2n) is 3.76. The smallest absolute Gasteiger partial charge is 0.0322 e. The van der Waals surface area contributed by atoms with Gasteiger partial charge in [0.2, 0.25) is 0 Å². The highest BCUT2D eigenvalue weighted by molar-refractivity contribution is 9.10. The molecule has 0 saturated carbocycles. The lowest BCUT2D eigenvalue weighted by atomic mass is 9.88. The van der Waals surface area contributed by atoms with Gasteiger partial charge in [0, 0.05) is 14.7 Å². The molecule has 0 atom stereocenters. The summed E-state index contributed by atoms with van der Waals surface area (Å²) in [6.45, 7) is 8.91. The maximum atomic E-state index is 3.56. The van der Waals surface area contributed by atoms with Crippen molar-refractivity contribution in [3.05, 3.63) is 20.3 Å². The van der Waals surface area contributed by atoms with Crippen LogP contribution in [0, 0.1) is 6.92 Å². The van der Waals surface area contributed by atoms with Gasteiger partial charge in [0.1, 0.15) is 0 Å². The highest BCUT2D eigenvalue weighted by Gasteiger charge is 2.20. The lowest BCUT2D eigenvalue weighted by Gasteiger charge is -2.19. The fourth-order valence-corrected chi connectivity index (χ4v) is 3.55. The normalized spacial score (nSPS) is 12.1. The molecule has 0 aliphatic heterocycles. The van der Waals surface area contributed by atoms with E-state index in [-0.39, 0.29) is 5.41 Å². The van der Waals surface area contributed by atoms with Crippen molar-refractivity contribution >= 4 is 27.3 Å². The van der Waals surface area contributed by atoms with Crippen LogP contribution in [0.5, 0.6) is 0 Å². The number of halogens is 1.